The average molecular weight is 223 g/mol. The summed E-state index contributed by atoms with van der Waals surface area (Å²) in [6.45, 7) is 0. The zero-order chi connectivity index (χ0) is 11.6. The molecule has 0 atom stereocenters. The molecule has 15 heavy (non-hydrogen) atoms. The molecular formula is C8H5F4NO2. The van der Waals surface area contributed by atoms with Crippen molar-refractivity contribution in [1.82, 2.24) is 4.98 Å². The van der Waals surface area contributed by atoms with Gasteiger partial charge in [-0.25, -0.2) is 17.6 Å². The number of aromatic nitrogens is 1. The van der Waals surface area contributed by atoms with Crippen LogP contribution in [0.2, 0.25) is 0 Å². The fourth-order valence-electron chi connectivity index (χ4n) is 1.02. The van der Waals surface area contributed by atoms with E-state index in [2.05, 4.69) is 4.98 Å². The number of hydrogen-bond acceptors (Lipinski definition) is 2. The standard InChI is InChI=1S/C8H5F4NO2/c9-4-2-13-7(8(11)12)3(6(4)10)1-5(14)15/h2,8H,1H2,(H,14,15). The molecule has 0 bridgehead atoms. The number of carboxylic acids is 1. The zero-order valence-electron chi connectivity index (χ0n) is 7.18. The maximum Gasteiger partial charge on any atom is 0.308 e. The molecule has 0 aliphatic carbocycles. The molecule has 0 aromatic carbocycles. The number of rotatable bonds is 3. The number of alkyl halides is 2. The van der Waals surface area contributed by atoms with Crippen molar-refractivity contribution in [2.24, 2.45) is 0 Å². The Kier molecular flexibility index (Phi) is 3.23. The third-order valence-electron chi connectivity index (χ3n) is 1.64. The summed E-state index contributed by atoms with van der Waals surface area (Å²) in [4.78, 5) is 13.2. The van der Waals surface area contributed by atoms with Gasteiger partial charge in [-0.15, -0.1) is 0 Å². The van der Waals surface area contributed by atoms with Crippen LogP contribution in [0.5, 0.6) is 0 Å². The lowest BCUT2D eigenvalue weighted by molar-refractivity contribution is -0.136. The fraction of sp³-hybridized carbons (Fsp3) is 0.250. The molecule has 1 heterocycles. The number of pyridine rings is 1. The van der Waals surface area contributed by atoms with Crippen molar-refractivity contribution in [3.05, 3.63) is 29.1 Å². The molecule has 7 heteroatoms. The van der Waals surface area contributed by atoms with Crippen LogP contribution in [0.15, 0.2) is 6.20 Å². The highest BCUT2D eigenvalue weighted by atomic mass is 19.3. The van der Waals surface area contributed by atoms with Crippen molar-refractivity contribution in [3.63, 3.8) is 0 Å². The van der Waals surface area contributed by atoms with Gasteiger partial charge in [0.1, 0.15) is 5.69 Å². The van der Waals surface area contributed by atoms with Gasteiger partial charge in [0.25, 0.3) is 6.43 Å². The molecule has 0 amide bonds. The molecule has 1 aromatic heterocycles. The minimum atomic E-state index is -3.14. The van der Waals surface area contributed by atoms with Gasteiger partial charge < -0.3 is 5.11 Å². The molecule has 0 aliphatic rings. The highest BCUT2D eigenvalue weighted by Crippen LogP contribution is 2.24. The van der Waals surface area contributed by atoms with E-state index >= 15 is 0 Å². The van der Waals surface area contributed by atoms with Crippen LogP contribution < -0.4 is 0 Å². The van der Waals surface area contributed by atoms with Gasteiger partial charge in [0.2, 0.25) is 0 Å². The topological polar surface area (TPSA) is 50.2 Å². The molecule has 0 fully saturated rings. The Morgan fingerprint density at radius 3 is 2.53 bits per heavy atom. The minimum Gasteiger partial charge on any atom is -0.481 e. The van der Waals surface area contributed by atoms with E-state index in [4.69, 9.17) is 5.11 Å². The first-order valence-electron chi connectivity index (χ1n) is 3.76. The molecule has 0 unspecified atom stereocenters. The predicted molar refractivity (Wildman–Crippen MR) is 40.4 cm³/mol. The van der Waals surface area contributed by atoms with E-state index in [0.29, 0.717) is 6.20 Å². The van der Waals surface area contributed by atoms with Crippen LogP contribution in [-0.2, 0) is 11.2 Å². The average Bonchev–Trinajstić information content (AvgIpc) is 2.12. The molecule has 0 radical (unpaired) electrons. The van der Waals surface area contributed by atoms with Crippen LogP contribution in [0.4, 0.5) is 17.6 Å². The molecule has 3 nitrogen and oxygen atoms in total. The first-order valence-corrected chi connectivity index (χ1v) is 3.76. The summed E-state index contributed by atoms with van der Waals surface area (Å²) >= 11 is 0. The summed E-state index contributed by atoms with van der Waals surface area (Å²) < 4.78 is 50.1. The van der Waals surface area contributed by atoms with Crippen molar-refractivity contribution in [2.45, 2.75) is 12.8 Å². The molecule has 0 spiro atoms. The van der Waals surface area contributed by atoms with Gasteiger partial charge in [0.05, 0.1) is 12.6 Å². The van der Waals surface area contributed by atoms with Gasteiger partial charge in [-0.2, -0.15) is 0 Å². The number of nitrogens with zero attached hydrogens (tertiary/aromatic N) is 1. The molecular weight excluding hydrogens is 218 g/mol. The van der Waals surface area contributed by atoms with Gasteiger partial charge >= 0.3 is 5.97 Å². The third kappa shape index (κ3) is 2.42. The largest absolute Gasteiger partial charge is 0.481 e. The van der Waals surface area contributed by atoms with Gasteiger partial charge in [-0.1, -0.05) is 0 Å². The number of carboxylic acid groups (broad SMARTS) is 1. The van der Waals surface area contributed by atoms with Gasteiger partial charge in [0, 0.05) is 5.56 Å². The predicted octanol–water partition coefficient (Wildman–Crippen LogP) is 1.92. The van der Waals surface area contributed by atoms with Crippen molar-refractivity contribution in [2.75, 3.05) is 0 Å². The van der Waals surface area contributed by atoms with E-state index in [9.17, 15) is 22.4 Å². The van der Waals surface area contributed by atoms with E-state index in [1.165, 1.54) is 0 Å². The summed E-state index contributed by atoms with van der Waals surface area (Å²) in [5.41, 5.74) is -1.96. The Morgan fingerprint density at radius 1 is 1.47 bits per heavy atom. The number of carbonyl (C=O) groups is 1. The number of halogens is 4. The van der Waals surface area contributed by atoms with E-state index < -0.39 is 41.7 Å². The highest BCUT2D eigenvalue weighted by molar-refractivity contribution is 5.70. The Hall–Kier alpha value is -1.66. The maximum atomic E-state index is 13.0. The Morgan fingerprint density at radius 2 is 2.07 bits per heavy atom. The fourth-order valence-corrected chi connectivity index (χ4v) is 1.02. The SMILES string of the molecule is O=C(O)Cc1c(C(F)F)ncc(F)c1F. The van der Waals surface area contributed by atoms with Crippen molar-refractivity contribution >= 4 is 5.97 Å². The molecule has 1 N–H and O–H groups in total. The lowest BCUT2D eigenvalue weighted by Gasteiger charge is -2.07. The molecule has 0 saturated heterocycles. The molecule has 0 aliphatic heterocycles. The van der Waals surface area contributed by atoms with Crippen LogP contribution >= 0.6 is 0 Å². The summed E-state index contributed by atoms with van der Waals surface area (Å²) in [5.74, 6) is -4.58. The maximum absolute atomic E-state index is 13.0. The Balaban J connectivity index is 3.28. The molecule has 0 saturated carbocycles. The quantitative estimate of drug-likeness (QED) is 0.796. The summed E-state index contributed by atoms with van der Waals surface area (Å²) in [7, 11) is 0. The number of aliphatic carboxylic acids is 1. The van der Waals surface area contributed by atoms with Crippen molar-refractivity contribution in [3.8, 4) is 0 Å². The normalized spacial score (nSPS) is 10.7. The van der Waals surface area contributed by atoms with E-state index in [1.807, 2.05) is 0 Å². The van der Waals surface area contributed by atoms with E-state index in [1.54, 1.807) is 0 Å². The summed E-state index contributed by atoms with van der Waals surface area (Å²) in [5, 5.41) is 8.33. The molecule has 1 rings (SSSR count). The van der Waals surface area contributed by atoms with E-state index in [-0.39, 0.29) is 0 Å². The number of hydrogen-bond donors (Lipinski definition) is 1. The molecule has 82 valence electrons. The lowest BCUT2D eigenvalue weighted by atomic mass is 10.1. The smallest absolute Gasteiger partial charge is 0.308 e. The highest BCUT2D eigenvalue weighted by Gasteiger charge is 2.22. The Bertz CT molecular complexity index is 394. The van der Waals surface area contributed by atoms with Crippen LogP contribution in [0.3, 0.4) is 0 Å². The Labute approximate surface area is 81.4 Å². The summed E-state index contributed by atoms with van der Waals surface area (Å²) in [6, 6.07) is 0. The van der Waals surface area contributed by atoms with Gasteiger partial charge in [-0.3, -0.25) is 9.78 Å². The third-order valence-corrected chi connectivity index (χ3v) is 1.64. The van der Waals surface area contributed by atoms with Crippen LogP contribution in [0, 0.1) is 11.6 Å². The second kappa shape index (κ2) is 4.24. The second-order valence-electron chi connectivity index (χ2n) is 2.66. The van der Waals surface area contributed by atoms with Crippen molar-refractivity contribution < 1.29 is 27.5 Å². The first kappa shape index (κ1) is 11.4. The first-order chi connectivity index (χ1) is 6.93. The zero-order valence-corrected chi connectivity index (χ0v) is 7.18. The summed E-state index contributed by atoms with van der Waals surface area (Å²) in [6.07, 6.45) is -3.88. The van der Waals surface area contributed by atoms with Crippen LogP contribution in [0.25, 0.3) is 0 Å². The van der Waals surface area contributed by atoms with E-state index in [0.717, 1.165) is 0 Å². The van der Waals surface area contributed by atoms with Gasteiger partial charge in [-0.05, 0) is 0 Å². The van der Waals surface area contributed by atoms with Crippen LogP contribution in [-0.4, -0.2) is 16.1 Å². The van der Waals surface area contributed by atoms with Gasteiger partial charge in [0.15, 0.2) is 11.6 Å². The lowest BCUT2D eigenvalue weighted by Crippen LogP contribution is -2.10. The van der Waals surface area contributed by atoms with Crippen molar-refractivity contribution in [1.29, 1.82) is 0 Å². The minimum absolute atomic E-state index is 0.294. The monoisotopic (exact) mass is 223 g/mol. The van der Waals surface area contributed by atoms with Crippen LogP contribution in [0.1, 0.15) is 17.7 Å². The second-order valence-corrected chi connectivity index (χ2v) is 2.66. The molecule has 1 aromatic rings.